The highest BCUT2D eigenvalue weighted by Gasteiger charge is 2.07. The zero-order valence-corrected chi connectivity index (χ0v) is 14.8. The number of allylic oxidation sites excluding steroid dienone is 8. The predicted octanol–water partition coefficient (Wildman–Crippen LogP) is 7.30. The van der Waals surface area contributed by atoms with E-state index in [9.17, 15) is 4.39 Å². The summed E-state index contributed by atoms with van der Waals surface area (Å²) in [5, 5.41) is 0. The Kier molecular flexibility index (Phi) is 7.91. The normalized spacial score (nSPS) is 13.3. The Morgan fingerprint density at radius 1 is 1.00 bits per heavy atom. The van der Waals surface area contributed by atoms with E-state index in [2.05, 4.69) is 56.7 Å². The first-order valence-electron chi connectivity index (χ1n) is 8.09. The molecule has 0 bridgehead atoms. The van der Waals surface area contributed by atoms with E-state index in [0.29, 0.717) is 6.42 Å². The second-order valence-corrected chi connectivity index (χ2v) is 6.12. The maximum atomic E-state index is 13.0. The van der Waals surface area contributed by atoms with Crippen LogP contribution in [0, 0.1) is 5.92 Å². The van der Waals surface area contributed by atoms with Crippen LogP contribution in [0.1, 0.15) is 37.8 Å². The molecule has 0 saturated heterocycles. The Morgan fingerprint density at radius 2 is 1.58 bits per heavy atom. The summed E-state index contributed by atoms with van der Waals surface area (Å²) in [6.07, 6.45) is 8.82. The zero-order valence-electron chi connectivity index (χ0n) is 14.8. The Morgan fingerprint density at radius 3 is 2.04 bits per heavy atom. The lowest BCUT2D eigenvalue weighted by atomic mass is 9.95. The minimum Gasteiger partial charge on any atom is -0.212 e. The maximum Gasteiger partial charge on any atom is 0.0934 e. The van der Waals surface area contributed by atoms with Crippen LogP contribution in [0.3, 0.4) is 0 Å². The summed E-state index contributed by atoms with van der Waals surface area (Å²) in [7, 11) is 0. The monoisotopic (exact) mass is 322 g/mol. The van der Waals surface area contributed by atoms with Crippen molar-refractivity contribution in [3.63, 3.8) is 0 Å². The van der Waals surface area contributed by atoms with Crippen molar-refractivity contribution in [2.24, 2.45) is 5.92 Å². The van der Waals surface area contributed by atoms with Crippen LogP contribution < -0.4 is 0 Å². The fourth-order valence-corrected chi connectivity index (χ4v) is 2.47. The van der Waals surface area contributed by atoms with Crippen LogP contribution in [-0.4, -0.2) is 0 Å². The highest BCUT2D eigenvalue weighted by Crippen LogP contribution is 2.22. The van der Waals surface area contributed by atoms with E-state index in [4.69, 9.17) is 0 Å². The molecule has 1 rings (SSSR count). The third-order valence-corrected chi connectivity index (χ3v) is 3.88. The molecule has 0 heterocycles. The lowest BCUT2D eigenvalue weighted by molar-refractivity contribution is 0.521. The van der Waals surface area contributed by atoms with Gasteiger partial charge in [-0.15, -0.1) is 6.58 Å². The van der Waals surface area contributed by atoms with Gasteiger partial charge in [0.15, 0.2) is 0 Å². The molecule has 1 unspecified atom stereocenters. The largest absolute Gasteiger partial charge is 0.212 e. The molecule has 0 nitrogen and oxygen atoms in total. The molecular formula is C23H27F. The van der Waals surface area contributed by atoms with Gasteiger partial charge < -0.3 is 0 Å². The first-order chi connectivity index (χ1) is 11.4. The number of rotatable bonds is 9. The van der Waals surface area contributed by atoms with E-state index in [0.717, 1.165) is 28.7 Å². The molecule has 1 heteroatoms. The Hall–Kier alpha value is -2.41. The van der Waals surface area contributed by atoms with Gasteiger partial charge in [0.05, 0.1) is 5.83 Å². The van der Waals surface area contributed by atoms with Crippen LogP contribution in [-0.2, 0) is 0 Å². The third kappa shape index (κ3) is 6.37. The summed E-state index contributed by atoms with van der Waals surface area (Å²) in [5.74, 6) is -0.221. The second-order valence-electron chi connectivity index (χ2n) is 6.12. The molecule has 0 aliphatic carbocycles. The average Bonchev–Trinajstić information content (AvgIpc) is 2.54. The van der Waals surface area contributed by atoms with Crippen LogP contribution in [0.2, 0.25) is 0 Å². The molecule has 0 N–H and O–H groups in total. The fraction of sp³-hybridized carbons (Fsp3) is 0.217. The van der Waals surface area contributed by atoms with Crippen LogP contribution >= 0.6 is 0 Å². The van der Waals surface area contributed by atoms with Crippen molar-refractivity contribution in [3.8, 4) is 0 Å². The lowest BCUT2D eigenvalue weighted by Crippen LogP contribution is -1.97. The second kappa shape index (κ2) is 9.67. The predicted molar refractivity (Wildman–Crippen MR) is 106 cm³/mol. The van der Waals surface area contributed by atoms with E-state index in [-0.39, 0.29) is 11.7 Å². The minimum absolute atomic E-state index is 0.0779. The molecule has 0 radical (unpaired) electrons. The molecule has 24 heavy (non-hydrogen) atoms. The van der Waals surface area contributed by atoms with E-state index >= 15 is 0 Å². The van der Waals surface area contributed by atoms with Crippen molar-refractivity contribution < 1.29 is 4.39 Å². The quantitative estimate of drug-likeness (QED) is 0.330. The van der Waals surface area contributed by atoms with Crippen molar-refractivity contribution in [3.05, 3.63) is 97.4 Å². The molecule has 1 aromatic carbocycles. The minimum atomic E-state index is -0.298. The van der Waals surface area contributed by atoms with E-state index < -0.39 is 0 Å². The molecule has 0 spiro atoms. The number of benzene rings is 1. The van der Waals surface area contributed by atoms with Gasteiger partial charge in [0.25, 0.3) is 0 Å². The van der Waals surface area contributed by atoms with E-state index in [1.807, 2.05) is 26.0 Å². The summed E-state index contributed by atoms with van der Waals surface area (Å²) < 4.78 is 13.0. The zero-order chi connectivity index (χ0) is 18.1. The van der Waals surface area contributed by atoms with Gasteiger partial charge in [-0.2, -0.15) is 0 Å². The van der Waals surface area contributed by atoms with Gasteiger partial charge in [-0.25, -0.2) is 4.39 Å². The summed E-state index contributed by atoms with van der Waals surface area (Å²) in [6, 6.07) is 8.26. The summed E-state index contributed by atoms with van der Waals surface area (Å²) >= 11 is 0. The molecule has 0 aliphatic rings. The summed E-state index contributed by atoms with van der Waals surface area (Å²) in [4.78, 5) is 0. The maximum absolute atomic E-state index is 13.0. The lowest BCUT2D eigenvalue weighted by Gasteiger charge is -2.11. The fourth-order valence-electron chi connectivity index (χ4n) is 2.47. The highest BCUT2D eigenvalue weighted by molar-refractivity contribution is 5.76. The van der Waals surface area contributed by atoms with Crippen molar-refractivity contribution in [2.45, 2.75) is 26.7 Å². The van der Waals surface area contributed by atoms with Crippen molar-refractivity contribution in [2.75, 3.05) is 0 Å². The number of halogens is 1. The SMILES string of the molecule is C=C/C(=C\C=C(\C)CC(C=C)CC(=C)F)c1ccc(C(=C)C)cc1. The number of hydrogen-bond donors (Lipinski definition) is 0. The smallest absolute Gasteiger partial charge is 0.0934 e. The van der Waals surface area contributed by atoms with Gasteiger partial charge >= 0.3 is 0 Å². The van der Waals surface area contributed by atoms with Gasteiger partial charge in [0.2, 0.25) is 0 Å². The Bertz CT molecular complexity index is 668. The summed E-state index contributed by atoms with van der Waals surface area (Å²) in [5.41, 5.74) is 5.50. The Balaban J connectivity index is 2.90. The Labute approximate surface area is 146 Å². The van der Waals surface area contributed by atoms with Crippen LogP contribution in [0.5, 0.6) is 0 Å². The van der Waals surface area contributed by atoms with Crippen molar-refractivity contribution in [1.82, 2.24) is 0 Å². The summed E-state index contributed by atoms with van der Waals surface area (Å²) in [6.45, 7) is 19.0. The van der Waals surface area contributed by atoms with Crippen LogP contribution in [0.4, 0.5) is 4.39 Å². The van der Waals surface area contributed by atoms with E-state index in [1.54, 1.807) is 6.08 Å². The molecular weight excluding hydrogens is 295 g/mol. The van der Waals surface area contributed by atoms with Crippen LogP contribution in [0.25, 0.3) is 11.1 Å². The topological polar surface area (TPSA) is 0 Å². The van der Waals surface area contributed by atoms with Crippen LogP contribution in [0.15, 0.2) is 86.3 Å². The molecule has 1 aromatic rings. The van der Waals surface area contributed by atoms with Crippen molar-refractivity contribution in [1.29, 1.82) is 0 Å². The van der Waals surface area contributed by atoms with Crippen molar-refractivity contribution >= 4 is 11.1 Å². The molecule has 0 aliphatic heterocycles. The molecule has 0 saturated carbocycles. The average molecular weight is 322 g/mol. The molecule has 126 valence electrons. The van der Waals surface area contributed by atoms with E-state index in [1.165, 1.54) is 5.57 Å². The van der Waals surface area contributed by atoms with Gasteiger partial charge in [-0.3, -0.25) is 0 Å². The van der Waals surface area contributed by atoms with Gasteiger partial charge in [0, 0.05) is 6.42 Å². The molecule has 0 aromatic heterocycles. The first-order valence-corrected chi connectivity index (χ1v) is 8.09. The highest BCUT2D eigenvalue weighted by atomic mass is 19.1. The standard InChI is InChI=1S/C23H27F/c1-7-20(16-19(6)24)15-18(5)9-10-21(8-2)23-13-11-22(12-14-23)17(3)4/h7-14,20H,1-3,6,15-16H2,4-5H3/b18-9-,21-10+. The molecule has 0 fully saturated rings. The van der Waals surface area contributed by atoms with Gasteiger partial charge in [0.1, 0.15) is 0 Å². The third-order valence-electron chi connectivity index (χ3n) is 3.88. The molecule has 0 amide bonds. The molecule has 1 atom stereocenters. The first kappa shape index (κ1) is 19.6. The van der Waals surface area contributed by atoms with Gasteiger partial charge in [-0.05, 0) is 42.9 Å². The van der Waals surface area contributed by atoms with Gasteiger partial charge in [-0.1, -0.05) is 79.5 Å². The number of hydrogen-bond acceptors (Lipinski definition) is 0.